The number of benzene rings is 1. The lowest BCUT2D eigenvalue weighted by atomic mass is 10.1. The highest BCUT2D eigenvalue weighted by molar-refractivity contribution is 7.13. The van der Waals surface area contributed by atoms with Gasteiger partial charge in [0.25, 0.3) is 0 Å². The van der Waals surface area contributed by atoms with Gasteiger partial charge in [-0.2, -0.15) is 0 Å². The minimum absolute atomic E-state index is 0.548. The van der Waals surface area contributed by atoms with E-state index in [0.29, 0.717) is 5.01 Å². The summed E-state index contributed by atoms with van der Waals surface area (Å²) in [5, 5.41) is 0.548. The van der Waals surface area contributed by atoms with Crippen LogP contribution in [0.25, 0.3) is 11.3 Å². The zero-order valence-electron chi connectivity index (χ0n) is 9.36. The number of hydrogen-bond acceptors (Lipinski definition) is 3. The van der Waals surface area contributed by atoms with Crippen molar-refractivity contribution in [1.82, 2.24) is 4.98 Å². The van der Waals surface area contributed by atoms with Gasteiger partial charge in [-0.15, -0.1) is 11.3 Å². The number of carbonyl (C=O) groups is 1. The van der Waals surface area contributed by atoms with Gasteiger partial charge in [-0.1, -0.05) is 31.2 Å². The third-order valence-electron chi connectivity index (χ3n) is 2.55. The first kappa shape index (κ1) is 11.0. The van der Waals surface area contributed by atoms with E-state index in [0.717, 1.165) is 28.8 Å². The average molecular weight is 231 g/mol. The lowest BCUT2D eigenvalue weighted by Gasteiger charge is -2.00. The largest absolute Gasteiger partial charge is 0.295 e. The van der Waals surface area contributed by atoms with Crippen LogP contribution in [0.15, 0.2) is 24.3 Å². The second-order valence-corrected chi connectivity index (χ2v) is 4.86. The van der Waals surface area contributed by atoms with Gasteiger partial charge >= 0.3 is 0 Å². The number of hydrogen-bond donors (Lipinski definition) is 0. The summed E-state index contributed by atoms with van der Waals surface area (Å²) < 4.78 is 0. The Labute approximate surface area is 99.0 Å². The van der Waals surface area contributed by atoms with Crippen molar-refractivity contribution >= 4 is 17.6 Å². The first-order valence-electron chi connectivity index (χ1n) is 5.26. The van der Waals surface area contributed by atoms with Crippen LogP contribution < -0.4 is 0 Å². The second-order valence-electron chi connectivity index (χ2n) is 3.63. The number of rotatable bonds is 3. The van der Waals surface area contributed by atoms with E-state index >= 15 is 0 Å². The molecular weight excluding hydrogens is 218 g/mol. The van der Waals surface area contributed by atoms with E-state index in [2.05, 4.69) is 36.2 Å². The molecule has 0 spiro atoms. The van der Waals surface area contributed by atoms with E-state index in [9.17, 15) is 4.79 Å². The summed E-state index contributed by atoms with van der Waals surface area (Å²) in [4.78, 5) is 16.0. The monoisotopic (exact) mass is 231 g/mol. The average Bonchev–Trinajstić information content (AvgIpc) is 2.71. The normalized spacial score (nSPS) is 10.4. The molecule has 2 rings (SSSR count). The van der Waals surface area contributed by atoms with Crippen LogP contribution in [-0.2, 0) is 6.42 Å². The minimum atomic E-state index is 0.548. The van der Waals surface area contributed by atoms with Crippen LogP contribution in [0.2, 0.25) is 0 Å². The van der Waals surface area contributed by atoms with Gasteiger partial charge in [0.15, 0.2) is 11.3 Å². The van der Waals surface area contributed by atoms with Gasteiger partial charge < -0.3 is 0 Å². The zero-order chi connectivity index (χ0) is 11.5. The van der Waals surface area contributed by atoms with E-state index < -0.39 is 0 Å². The van der Waals surface area contributed by atoms with Gasteiger partial charge in [0.2, 0.25) is 0 Å². The fourth-order valence-electron chi connectivity index (χ4n) is 1.63. The molecule has 0 saturated heterocycles. The molecule has 2 aromatic rings. The molecule has 0 saturated carbocycles. The Hall–Kier alpha value is -1.48. The fourth-order valence-corrected chi connectivity index (χ4v) is 2.39. The number of carbonyl (C=O) groups excluding carboxylic acids is 1. The van der Waals surface area contributed by atoms with Gasteiger partial charge in [-0.05, 0) is 18.9 Å². The SMILES string of the molecule is CCc1ccc(-c2nc(C=O)sc2C)cc1. The summed E-state index contributed by atoms with van der Waals surface area (Å²) in [5.41, 5.74) is 3.32. The Kier molecular flexibility index (Phi) is 3.15. The van der Waals surface area contributed by atoms with Crippen molar-refractivity contribution in [1.29, 1.82) is 0 Å². The van der Waals surface area contributed by atoms with Gasteiger partial charge in [0, 0.05) is 10.4 Å². The molecule has 1 aromatic heterocycles. The maximum Gasteiger partial charge on any atom is 0.178 e. The highest BCUT2D eigenvalue weighted by atomic mass is 32.1. The first-order valence-corrected chi connectivity index (χ1v) is 6.08. The quantitative estimate of drug-likeness (QED) is 0.757. The molecule has 3 heteroatoms. The maximum absolute atomic E-state index is 10.7. The van der Waals surface area contributed by atoms with Crippen LogP contribution in [0.4, 0.5) is 0 Å². The van der Waals surface area contributed by atoms with Crippen LogP contribution in [0, 0.1) is 6.92 Å². The minimum Gasteiger partial charge on any atom is -0.295 e. The first-order chi connectivity index (χ1) is 7.74. The highest BCUT2D eigenvalue weighted by Gasteiger charge is 2.08. The lowest BCUT2D eigenvalue weighted by Crippen LogP contribution is -1.84. The zero-order valence-corrected chi connectivity index (χ0v) is 10.2. The van der Waals surface area contributed by atoms with Crippen LogP contribution >= 0.6 is 11.3 Å². The molecule has 1 aromatic carbocycles. The van der Waals surface area contributed by atoms with Crippen molar-refractivity contribution in [3.05, 3.63) is 39.7 Å². The number of aryl methyl sites for hydroxylation is 2. The standard InChI is InChI=1S/C13H13NOS/c1-3-10-4-6-11(7-5-10)13-9(2)16-12(8-15)14-13/h4-8H,3H2,1-2H3. The highest BCUT2D eigenvalue weighted by Crippen LogP contribution is 2.26. The maximum atomic E-state index is 10.7. The Morgan fingerprint density at radius 3 is 2.50 bits per heavy atom. The van der Waals surface area contributed by atoms with E-state index in [4.69, 9.17) is 0 Å². The molecule has 1 heterocycles. The van der Waals surface area contributed by atoms with E-state index in [1.807, 2.05) is 6.92 Å². The Morgan fingerprint density at radius 2 is 2.00 bits per heavy atom. The number of thiazole rings is 1. The molecular formula is C13H13NOS. The molecule has 0 bridgehead atoms. The third kappa shape index (κ3) is 2.04. The summed E-state index contributed by atoms with van der Waals surface area (Å²) in [6.45, 7) is 4.13. The summed E-state index contributed by atoms with van der Waals surface area (Å²) in [7, 11) is 0. The van der Waals surface area contributed by atoms with Crippen molar-refractivity contribution in [2.24, 2.45) is 0 Å². The molecule has 0 aliphatic heterocycles. The van der Waals surface area contributed by atoms with Crippen molar-refractivity contribution in [2.45, 2.75) is 20.3 Å². The molecule has 0 amide bonds. The van der Waals surface area contributed by atoms with Crippen LogP contribution in [-0.4, -0.2) is 11.3 Å². The molecule has 2 nitrogen and oxygen atoms in total. The van der Waals surface area contributed by atoms with Crippen LogP contribution in [0.1, 0.15) is 27.2 Å². The van der Waals surface area contributed by atoms with Crippen molar-refractivity contribution in [2.75, 3.05) is 0 Å². The topological polar surface area (TPSA) is 30.0 Å². The fraction of sp³-hybridized carbons (Fsp3) is 0.231. The lowest BCUT2D eigenvalue weighted by molar-refractivity contribution is 0.112. The summed E-state index contributed by atoms with van der Waals surface area (Å²) in [6.07, 6.45) is 1.84. The molecule has 0 radical (unpaired) electrons. The van der Waals surface area contributed by atoms with Crippen LogP contribution in [0.5, 0.6) is 0 Å². The van der Waals surface area contributed by atoms with Gasteiger partial charge in [-0.25, -0.2) is 4.98 Å². The second kappa shape index (κ2) is 4.58. The van der Waals surface area contributed by atoms with E-state index in [-0.39, 0.29) is 0 Å². The molecule has 0 unspecified atom stereocenters. The number of aldehydes is 1. The molecule has 16 heavy (non-hydrogen) atoms. The predicted molar refractivity (Wildman–Crippen MR) is 67.1 cm³/mol. The summed E-state index contributed by atoms with van der Waals surface area (Å²) >= 11 is 1.44. The molecule has 0 aliphatic rings. The molecule has 0 aliphatic carbocycles. The Balaban J connectivity index is 2.41. The number of aromatic nitrogens is 1. The smallest absolute Gasteiger partial charge is 0.178 e. The van der Waals surface area contributed by atoms with Crippen molar-refractivity contribution < 1.29 is 4.79 Å². The predicted octanol–water partition coefficient (Wildman–Crippen LogP) is 3.49. The van der Waals surface area contributed by atoms with E-state index in [1.54, 1.807) is 0 Å². The summed E-state index contributed by atoms with van der Waals surface area (Å²) in [6, 6.07) is 8.34. The van der Waals surface area contributed by atoms with E-state index in [1.165, 1.54) is 16.9 Å². The third-order valence-corrected chi connectivity index (χ3v) is 3.45. The Morgan fingerprint density at radius 1 is 1.31 bits per heavy atom. The van der Waals surface area contributed by atoms with Gasteiger partial charge in [-0.3, -0.25) is 4.79 Å². The molecule has 0 N–H and O–H groups in total. The Bertz CT molecular complexity index is 499. The number of nitrogens with zero attached hydrogens (tertiary/aromatic N) is 1. The van der Waals surface area contributed by atoms with Gasteiger partial charge in [0.05, 0.1) is 5.69 Å². The molecule has 0 atom stereocenters. The van der Waals surface area contributed by atoms with Crippen molar-refractivity contribution in [3.8, 4) is 11.3 Å². The van der Waals surface area contributed by atoms with Crippen molar-refractivity contribution in [3.63, 3.8) is 0 Å². The molecule has 0 fully saturated rings. The van der Waals surface area contributed by atoms with Gasteiger partial charge in [0.1, 0.15) is 0 Å². The summed E-state index contributed by atoms with van der Waals surface area (Å²) in [5.74, 6) is 0. The van der Waals surface area contributed by atoms with Crippen LogP contribution in [0.3, 0.4) is 0 Å². The molecule has 82 valence electrons.